The first-order valence-electron chi connectivity index (χ1n) is 9.24. The van der Waals surface area contributed by atoms with Crippen LogP contribution in [0.5, 0.6) is 17.2 Å². The largest absolute Gasteiger partial charge is 0.493 e. The van der Waals surface area contributed by atoms with Crippen LogP contribution in [0.2, 0.25) is 0 Å². The molecule has 7 heteroatoms. The van der Waals surface area contributed by atoms with Crippen molar-refractivity contribution in [3.8, 4) is 28.6 Å². The van der Waals surface area contributed by atoms with Crippen molar-refractivity contribution in [3.05, 3.63) is 54.6 Å². The third kappa shape index (κ3) is 5.07. The van der Waals surface area contributed by atoms with E-state index in [9.17, 15) is 4.79 Å². The molecule has 1 aromatic heterocycles. The number of amides is 1. The summed E-state index contributed by atoms with van der Waals surface area (Å²) in [6.07, 6.45) is 3.24. The third-order valence-electron chi connectivity index (χ3n) is 4.35. The first kappa shape index (κ1) is 20.3. The van der Waals surface area contributed by atoms with Crippen LogP contribution in [0.15, 0.2) is 53.1 Å². The van der Waals surface area contributed by atoms with Crippen LogP contribution in [0.1, 0.15) is 18.7 Å². The number of carbonyl (C=O) groups is 1. The summed E-state index contributed by atoms with van der Waals surface area (Å²) in [7, 11) is 4.59. The predicted molar refractivity (Wildman–Crippen MR) is 110 cm³/mol. The van der Waals surface area contributed by atoms with Gasteiger partial charge in [-0.05, 0) is 6.42 Å². The summed E-state index contributed by atoms with van der Waals surface area (Å²) < 4.78 is 21.7. The fraction of sp³-hybridized carbons (Fsp3) is 0.273. The third-order valence-corrected chi connectivity index (χ3v) is 4.35. The molecule has 0 radical (unpaired) electrons. The Morgan fingerprint density at radius 2 is 1.72 bits per heavy atom. The molecule has 152 valence electrons. The second kappa shape index (κ2) is 9.64. The summed E-state index contributed by atoms with van der Waals surface area (Å²) in [5.74, 6) is 2.66. The number of hydrogen-bond acceptors (Lipinski definition) is 6. The first-order chi connectivity index (χ1) is 14.1. The molecule has 0 aliphatic heterocycles. The molecule has 0 aliphatic rings. The van der Waals surface area contributed by atoms with Gasteiger partial charge in [-0.2, -0.15) is 0 Å². The molecule has 0 saturated heterocycles. The average Bonchev–Trinajstić information content (AvgIpc) is 3.22. The number of anilines is 1. The molecular weight excluding hydrogens is 372 g/mol. The number of aromatic nitrogens is 1. The maximum absolute atomic E-state index is 12.3. The van der Waals surface area contributed by atoms with Gasteiger partial charge in [0.05, 0.1) is 27.5 Å². The van der Waals surface area contributed by atoms with Crippen LogP contribution < -0.4 is 19.5 Å². The van der Waals surface area contributed by atoms with Gasteiger partial charge in [0.1, 0.15) is 0 Å². The lowest BCUT2D eigenvalue weighted by Crippen LogP contribution is -2.12. The van der Waals surface area contributed by atoms with Crippen molar-refractivity contribution in [1.82, 2.24) is 4.98 Å². The van der Waals surface area contributed by atoms with Crippen molar-refractivity contribution in [2.75, 3.05) is 26.6 Å². The van der Waals surface area contributed by atoms with Crippen molar-refractivity contribution in [2.24, 2.45) is 0 Å². The second-order valence-corrected chi connectivity index (χ2v) is 6.30. The molecule has 1 heterocycles. The number of nitrogens with zero attached hydrogens (tertiary/aromatic N) is 1. The van der Waals surface area contributed by atoms with Crippen LogP contribution in [0.3, 0.4) is 0 Å². The minimum Gasteiger partial charge on any atom is -0.493 e. The second-order valence-electron chi connectivity index (χ2n) is 6.30. The van der Waals surface area contributed by atoms with Gasteiger partial charge >= 0.3 is 0 Å². The van der Waals surface area contributed by atoms with Crippen LogP contribution in [-0.4, -0.2) is 32.2 Å². The van der Waals surface area contributed by atoms with Gasteiger partial charge in [0.2, 0.25) is 11.7 Å². The normalized spacial score (nSPS) is 10.4. The lowest BCUT2D eigenvalue weighted by molar-refractivity contribution is -0.116. The molecule has 0 bridgehead atoms. The van der Waals surface area contributed by atoms with Gasteiger partial charge in [0.15, 0.2) is 23.1 Å². The van der Waals surface area contributed by atoms with Crippen molar-refractivity contribution in [2.45, 2.75) is 19.3 Å². The highest BCUT2D eigenvalue weighted by Gasteiger charge is 2.14. The molecule has 1 amide bonds. The minimum absolute atomic E-state index is 0.117. The SMILES string of the molecule is COc1cc(NC(=O)CCCc2ncc(-c3ccccc3)o2)cc(OC)c1OC. The Bertz CT molecular complexity index is 928. The monoisotopic (exact) mass is 396 g/mol. The topological polar surface area (TPSA) is 82.8 Å². The maximum Gasteiger partial charge on any atom is 0.224 e. The lowest BCUT2D eigenvalue weighted by Gasteiger charge is -2.14. The molecule has 0 fully saturated rings. The highest BCUT2D eigenvalue weighted by Crippen LogP contribution is 2.39. The number of nitrogens with one attached hydrogen (secondary N) is 1. The van der Waals surface area contributed by atoms with Gasteiger partial charge in [0.25, 0.3) is 0 Å². The van der Waals surface area contributed by atoms with E-state index >= 15 is 0 Å². The Labute approximate surface area is 169 Å². The van der Waals surface area contributed by atoms with E-state index in [4.69, 9.17) is 18.6 Å². The zero-order valence-corrected chi connectivity index (χ0v) is 16.7. The number of ether oxygens (including phenoxy) is 3. The van der Waals surface area contributed by atoms with Crippen LogP contribution in [0.25, 0.3) is 11.3 Å². The number of oxazole rings is 1. The van der Waals surface area contributed by atoms with Crippen LogP contribution in [0, 0.1) is 0 Å². The van der Waals surface area contributed by atoms with Crippen molar-refractivity contribution < 1.29 is 23.4 Å². The van der Waals surface area contributed by atoms with Crippen molar-refractivity contribution >= 4 is 11.6 Å². The first-order valence-corrected chi connectivity index (χ1v) is 9.24. The summed E-state index contributed by atoms with van der Waals surface area (Å²) in [6.45, 7) is 0. The van der Waals surface area contributed by atoms with E-state index < -0.39 is 0 Å². The van der Waals surface area contributed by atoms with Crippen LogP contribution in [0.4, 0.5) is 5.69 Å². The lowest BCUT2D eigenvalue weighted by atomic mass is 10.2. The maximum atomic E-state index is 12.3. The van der Waals surface area contributed by atoms with Gasteiger partial charge in [0, 0.05) is 36.2 Å². The van der Waals surface area contributed by atoms with E-state index in [1.807, 2.05) is 30.3 Å². The quantitative estimate of drug-likeness (QED) is 0.580. The summed E-state index contributed by atoms with van der Waals surface area (Å²) in [5, 5.41) is 2.85. The fourth-order valence-electron chi connectivity index (χ4n) is 2.94. The summed E-state index contributed by atoms with van der Waals surface area (Å²) in [5.41, 5.74) is 1.55. The highest BCUT2D eigenvalue weighted by molar-refractivity contribution is 5.91. The van der Waals surface area contributed by atoms with E-state index in [0.29, 0.717) is 48.1 Å². The molecule has 0 unspecified atom stereocenters. The molecule has 0 saturated carbocycles. The van der Waals surface area contributed by atoms with Gasteiger partial charge in [-0.15, -0.1) is 0 Å². The van der Waals surface area contributed by atoms with E-state index in [-0.39, 0.29) is 5.91 Å². The van der Waals surface area contributed by atoms with E-state index in [2.05, 4.69) is 10.3 Å². The van der Waals surface area contributed by atoms with Crippen molar-refractivity contribution in [1.29, 1.82) is 0 Å². The molecule has 7 nitrogen and oxygen atoms in total. The molecular formula is C22H24N2O5. The van der Waals surface area contributed by atoms with E-state index in [1.165, 1.54) is 21.3 Å². The van der Waals surface area contributed by atoms with Gasteiger partial charge in [-0.3, -0.25) is 4.79 Å². The van der Waals surface area contributed by atoms with E-state index in [1.54, 1.807) is 18.3 Å². The summed E-state index contributed by atoms with van der Waals surface area (Å²) >= 11 is 0. The Balaban J connectivity index is 1.55. The molecule has 1 N–H and O–H groups in total. The Morgan fingerprint density at radius 3 is 2.34 bits per heavy atom. The molecule has 2 aromatic carbocycles. The zero-order chi connectivity index (χ0) is 20.6. The van der Waals surface area contributed by atoms with Gasteiger partial charge < -0.3 is 23.9 Å². The number of aryl methyl sites for hydroxylation is 1. The van der Waals surface area contributed by atoms with Crippen LogP contribution >= 0.6 is 0 Å². The Hall–Kier alpha value is -3.48. The molecule has 0 aliphatic carbocycles. The number of hydrogen-bond donors (Lipinski definition) is 1. The Morgan fingerprint density at radius 1 is 1.03 bits per heavy atom. The molecule has 29 heavy (non-hydrogen) atoms. The average molecular weight is 396 g/mol. The van der Waals surface area contributed by atoms with Gasteiger partial charge in [-0.25, -0.2) is 4.98 Å². The zero-order valence-electron chi connectivity index (χ0n) is 16.7. The molecule has 0 atom stereocenters. The summed E-state index contributed by atoms with van der Waals surface area (Å²) in [4.78, 5) is 16.6. The minimum atomic E-state index is -0.117. The molecule has 3 aromatic rings. The number of carbonyl (C=O) groups excluding carboxylic acids is 1. The highest BCUT2D eigenvalue weighted by atomic mass is 16.5. The molecule has 0 spiro atoms. The van der Waals surface area contributed by atoms with Gasteiger partial charge in [-0.1, -0.05) is 30.3 Å². The fourth-order valence-corrected chi connectivity index (χ4v) is 2.94. The number of benzene rings is 2. The molecule has 3 rings (SSSR count). The Kier molecular flexibility index (Phi) is 6.73. The number of methoxy groups -OCH3 is 3. The number of rotatable bonds is 9. The van der Waals surface area contributed by atoms with Crippen molar-refractivity contribution in [3.63, 3.8) is 0 Å². The smallest absolute Gasteiger partial charge is 0.224 e. The standard InChI is InChI=1S/C22H24N2O5/c1-26-17-12-16(13-18(27-2)22(17)28-3)24-20(25)10-7-11-21-23-14-19(29-21)15-8-5-4-6-9-15/h4-6,8-9,12-14H,7,10-11H2,1-3H3,(H,24,25). The predicted octanol–water partition coefficient (Wildman–Crippen LogP) is 4.33. The summed E-state index contributed by atoms with van der Waals surface area (Å²) in [6, 6.07) is 13.2. The van der Waals surface area contributed by atoms with Crippen LogP contribution in [-0.2, 0) is 11.2 Å². The van der Waals surface area contributed by atoms with E-state index in [0.717, 1.165) is 11.3 Å².